The summed E-state index contributed by atoms with van der Waals surface area (Å²) in [6, 6.07) is 0. The molecule has 0 aliphatic carbocycles. The molecule has 3 atom stereocenters. The maximum atomic E-state index is 6.21. The Kier molecular flexibility index (Phi) is 4.84. The average molecular weight is 303 g/mol. The van der Waals surface area contributed by atoms with Gasteiger partial charge in [-0.15, -0.1) is 11.8 Å². The minimum atomic E-state index is 0.379. The molecule has 1 aromatic rings. The maximum Gasteiger partial charge on any atom is 0.144 e. The van der Waals surface area contributed by atoms with Crippen LogP contribution in [0.3, 0.4) is 0 Å². The first-order valence-corrected chi connectivity index (χ1v) is 8.69. The van der Waals surface area contributed by atoms with Crippen LogP contribution in [0.2, 0.25) is 5.15 Å². The third kappa shape index (κ3) is 2.97. The Labute approximate surface area is 123 Å². The van der Waals surface area contributed by atoms with Crippen LogP contribution in [0.5, 0.6) is 0 Å². The molecule has 0 bridgehead atoms. The number of halogens is 1. The number of rotatable bonds is 2. The van der Waals surface area contributed by atoms with Crippen LogP contribution in [0.25, 0.3) is 0 Å². The molecule has 2 nitrogen and oxygen atoms in total. The van der Waals surface area contributed by atoms with Crippen LogP contribution >= 0.6 is 35.1 Å². The van der Waals surface area contributed by atoms with E-state index < -0.39 is 0 Å². The van der Waals surface area contributed by atoms with E-state index in [1.807, 2.05) is 30.4 Å². The highest BCUT2D eigenvalue weighted by atomic mass is 35.5. The molecule has 100 valence electrons. The zero-order valence-corrected chi connectivity index (χ0v) is 13.6. The number of hydrogen-bond acceptors (Lipinski definition) is 4. The smallest absolute Gasteiger partial charge is 0.144 e. The normalized spacial score (nSPS) is 28.4. The molecule has 0 amide bonds. The fraction of sp³-hybridized carbons (Fsp3) is 0.692. The Morgan fingerprint density at radius 1 is 1.28 bits per heavy atom. The summed E-state index contributed by atoms with van der Waals surface area (Å²) in [5.74, 6) is 2.00. The highest BCUT2D eigenvalue weighted by molar-refractivity contribution is 8.07. The minimum absolute atomic E-state index is 0.379. The van der Waals surface area contributed by atoms with E-state index in [0.717, 1.165) is 29.3 Å². The quantitative estimate of drug-likeness (QED) is 0.761. The number of hydrogen-bond donors (Lipinski definition) is 0. The zero-order valence-electron chi connectivity index (χ0n) is 11.2. The van der Waals surface area contributed by atoms with Gasteiger partial charge in [-0.1, -0.05) is 32.4 Å². The lowest BCUT2D eigenvalue weighted by Crippen LogP contribution is -2.23. The summed E-state index contributed by atoms with van der Waals surface area (Å²) >= 11 is 10.2. The van der Waals surface area contributed by atoms with Crippen molar-refractivity contribution in [1.82, 2.24) is 9.97 Å². The molecule has 5 heteroatoms. The van der Waals surface area contributed by atoms with E-state index in [1.54, 1.807) is 0 Å². The SMILES string of the molecule is CCc1nc(C2CSC(C)C(C)S2)nc(Cl)c1C. The molecule has 1 aliphatic heterocycles. The second-order valence-corrected chi connectivity index (χ2v) is 8.02. The standard InChI is InChI=1S/C13H19ClN2S2/c1-5-10-7(2)12(14)16-13(15-10)11-6-17-8(3)9(4)18-11/h8-9,11H,5-6H2,1-4H3. The third-order valence-electron chi connectivity index (χ3n) is 3.38. The molecular formula is C13H19ClN2S2. The summed E-state index contributed by atoms with van der Waals surface area (Å²) in [5, 5.41) is 2.35. The molecular weight excluding hydrogens is 284 g/mol. The Balaban J connectivity index is 2.26. The van der Waals surface area contributed by atoms with Crippen molar-refractivity contribution >= 4 is 35.1 Å². The van der Waals surface area contributed by atoms with Crippen LogP contribution < -0.4 is 0 Å². The van der Waals surface area contributed by atoms with Gasteiger partial charge in [-0.05, 0) is 13.3 Å². The van der Waals surface area contributed by atoms with E-state index in [4.69, 9.17) is 16.6 Å². The van der Waals surface area contributed by atoms with Gasteiger partial charge in [-0.2, -0.15) is 11.8 Å². The van der Waals surface area contributed by atoms with Crippen LogP contribution in [0.4, 0.5) is 0 Å². The van der Waals surface area contributed by atoms with Gasteiger partial charge in [0, 0.05) is 27.5 Å². The van der Waals surface area contributed by atoms with Crippen LogP contribution in [0, 0.1) is 6.92 Å². The minimum Gasteiger partial charge on any atom is -0.236 e. The van der Waals surface area contributed by atoms with Crippen molar-refractivity contribution in [2.45, 2.75) is 49.9 Å². The van der Waals surface area contributed by atoms with Gasteiger partial charge in [0.05, 0.1) is 5.25 Å². The van der Waals surface area contributed by atoms with Gasteiger partial charge in [-0.25, -0.2) is 9.97 Å². The van der Waals surface area contributed by atoms with E-state index in [-0.39, 0.29) is 0 Å². The molecule has 0 N–H and O–H groups in total. The predicted molar refractivity (Wildman–Crippen MR) is 82.9 cm³/mol. The predicted octanol–water partition coefficient (Wildman–Crippen LogP) is 4.30. The second-order valence-electron chi connectivity index (χ2n) is 4.67. The van der Waals surface area contributed by atoms with Gasteiger partial charge in [0.2, 0.25) is 0 Å². The fourth-order valence-corrected chi connectivity index (χ4v) is 5.00. The van der Waals surface area contributed by atoms with Crippen LogP contribution in [0.1, 0.15) is 43.1 Å². The fourth-order valence-electron chi connectivity index (χ4n) is 1.96. The largest absolute Gasteiger partial charge is 0.236 e. The van der Waals surface area contributed by atoms with E-state index >= 15 is 0 Å². The van der Waals surface area contributed by atoms with Crippen molar-refractivity contribution < 1.29 is 0 Å². The molecule has 1 aromatic heterocycles. The van der Waals surface area contributed by atoms with Crippen molar-refractivity contribution in [2.24, 2.45) is 0 Å². The van der Waals surface area contributed by atoms with Crippen molar-refractivity contribution in [2.75, 3.05) is 5.75 Å². The summed E-state index contributed by atoms with van der Waals surface area (Å²) in [4.78, 5) is 9.19. The highest BCUT2D eigenvalue weighted by Crippen LogP contribution is 2.43. The molecule has 1 saturated heterocycles. The van der Waals surface area contributed by atoms with Gasteiger partial charge >= 0.3 is 0 Å². The average Bonchev–Trinajstić information content (AvgIpc) is 2.36. The Bertz CT molecular complexity index is 439. The van der Waals surface area contributed by atoms with Gasteiger partial charge in [0.15, 0.2) is 0 Å². The summed E-state index contributed by atoms with van der Waals surface area (Å²) in [6.45, 7) is 8.69. The van der Waals surface area contributed by atoms with Crippen molar-refractivity contribution in [1.29, 1.82) is 0 Å². The Morgan fingerprint density at radius 2 is 2.00 bits per heavy atom. The summed E-state index contributed by atoms with van der Waals surface area (Å²) < 4.78 is 0. The van der Waals surface area contributed by atoms with E-state index in [1.165, 1.54) is 0 Å². The lowest BCUT2D eigenvalue weighted by Gasteiger charge is -2.30. The van der Waals surface area contributed by atoms with Crippen LogP contribution in [-0.4, -0.2) is 26.2 Å². The monoisotopic (exact) mass is 302 g/mol. The van der Waals surface area contributed by atoms with Gasteiger partial charge in [-0.3, -0.25) is 0 Å². The first kappa shape index (κ1) is 14.5. The first-order chi connectivity index (χ1) is 8.52. The molecule has 1 fully saturated rings. The molecule has 1 aliphatic rings. The molecule has 0 spiro atoms. The Morgan fingerprint density at radius 3 is 2.61 bits per heavy atom. The van der Waals surface area contributed by atoms with Gasteiger partial charge in [0.25, 0.3) is 0 Å². The third-order valence-corrected chi connectivity index (χ3v) is 7.13. The second kappa shape index (κ2) is 6.02. The molecule has 0 radical (unpaired) electrons. The van der Waals surface area contributed by atoms with Crippen molar-refractivity contribution in [3.63, 3.8) is 0 Å². The molecule has 2 heterocycles. The number of nitrogens with zero attached hydrogens (tertiary/aromatic N) is 2. The van der Waals surface area contributed by atoms with Gasteiger partial charge < -0.3 is 0 Å². The van der Waals surface area contributed by atoms with Crippen LogP contribution in [0.15, 0.2) is 0 Å². The maximum absolute atomic E-state index is 6.21. The zero-order chi connectivity index (χ0) is 13.3. The van der Waals surface area contributed by atoms with Crippen LogP contribution in [-0.2, 0) is 6.42 Å². The summed E-state index contributed by atoms with van der Waals surface area (Å²) in [7, 11) is 0. The van der Waals surface area contributed by atoms with E-state index in [2.05, 4.69) is 25.8 Å². The number of thioether (sulfide) groups is 2. The number of aromatic nitrogens is 2. The lowest BCUT2D eigenvalue weighted by atomic mass is 10.2. The molecule has 3 unspecified atom stereocenters. The Hall–Kier alpha value is 0.0700. The molecule has 0 saturated carbocycles. The molecule has 18 heavy (non-hydrogen) atoms. The highest BCUT2D eigenvalue weighted by Gasteiger charge is 2.29. The number of aryl methyl sites for hydroxylation is 1. The summed E-state index contributed by atoms with van der Waals surface area (Å²) in [5.41, 5.74) is 2.11. The van der Waals surface area contributed by atoms with Crippen molar-refractivity contribution in [3.8, 4) is 0 Å². The molecule has 2 rings (SSSR count). The van der Waals surface area contributed by atoms with Crippen molar-refractivity contribution in [3.05, 3.63) is 22.2 Å². The summed E-state index contributed by atoms with van der Waals surface area (Å²) in [6.07, 6.45) is 0.914. The lowest BCUT2D eigenvalue weighted by molar-refractivity contribution is 0.834. The molecule has 0 aromatic carbocycles. The topological polar surface area (TPSA) is 25.8 Å². The van der Waals surface area contributed by atoms with Gasteiger partial charge in [0.1, 0.15) is 11.0 Å². The first-order valence-electron chi connectivity index (χ1n) is 6.32. The van der Waals surface area contributed by atoms with E-state index in [0.29, 0.717) is 20.9 Å². The van der Waals surface area contributed by atoms with E-state index in [9.17, 15) is 0 Å².